The Labute approximate surface area is 315 Å². The molecule has 0 radical (unpaired) electrons. The predicted molar refractivity (Wildman–Crippen MR) is 180 cm³/mol. The van der Waals surface area contributed by atoms with Crippen LogP contribution in [0.2, 0.25) is 0 Å². The Kier molecular flexibility index (Phi) is 14.0. The predicted octanol–water partition coefficient (Wildman–Crippen LogP) is 1.18. The molecule has 1 aromatic rings. The highest BCUT2D eigenvalue weighted by molar-refractivity contribution is 8.08. The molecule has 3 saturated heterocycles. The molecule has 4 heterocycles. The van der Waals surface area contributed by atoms with Gasteiger partial charge in [-0.1, -0.05) is 0 Å². The SMILES string of the molecule is CC(=O)OC[C@H](F)C1OC(OP(=O)(O)OP(O)(=S)OCC2OC(c3csc(C(N)=O)c3N)C3OC(C)(C)OC23)C(OC(C)=O)C(OC(C)=O)C1OC(C)=O. The molecule has 12 atom stereocenters. The number of rotatable bonds is 15. The first-order chi connectivity index (χ1) is 24.9. The third kappa shape index (κ3) is 11.0. The van der Waals surface area contributed by atoms with Crippen molar-refractivity contribution in [1.82, 2.24) is 0 Å². The van der Waals surface area contributed by atoms with Gasteiger partial charge in [0.05, 0.1) is 12.3 Å². The van der Waals surface area contributed by atoms with Crippen LogP contribution < -0.4 is 11.5 Å². The summed E-state index contributed by atoms with van der Waals surface area (Å²) in [5.41, 5.74) is 12.0. The smallest absolute Gasteiger partial charge is 0.463 e. The van der Waals surface area contributed by atoms with Crippen LogP contribution in [0.5, 0.6) is 0 Å². The average Bonchev–Trinajstić information content (AvgIpc) is 3.65. The molecular formula is C28H39FN2O19P2S2. The monoisotopic (exact) mass is 852 g/mol. The maximum atomic E-state index is 15.5. The van der Waals surface area contributed by atoms with Gasteiger partial charge in [-0.15, -0.1) is 11.3 Å². The number of carbonyl (C=O) groups excluding carboxylic acids is 5. The summed E-state index contributed by atoms with van der Waals surface area (Å²) in [7, 11) is -5.69. The second-order valence-corrected chi connectivity index (χ2v) is 17.6. The second kappa shape index (κ2) is 17.2. The minimum absolute atomic E-state index is 0.0555. The zero-order chi connectivity index (χ0) is 40.5. The summed E-state index contributed by atoms with van der Waals surface area (Å²) in [6, 6.07) is 0. The van der Waals surface area contributed by atoms with Crippen LogP contribution in [-0.4, -0.2) is 114 Å². The number of fused-ring (bicyclic) bond motifs is 1. The van der Waals surface area contributed by atoms with E-state index in [0.29, 0.717) is 5.56 Å². The van der Waals surface area contributed by atoms with Gasteiger partial charge in [-0.3, -0.25) is 28.5 Å². The topological polar surface area (TPSA) is 296 Å². The van der Waals surface area contributed by atoms with Crippen molar-refractivity contribution in [2.45, 2.75) is 109 Å². The van der Waals surface area contributed by atoms with Crippen molar-refractivity contribution >= 4 is 73.2 Å². The molecule has 3 aliphatic rings. The third-order valence-electron chi connectivity index (χ3n) is 7.62. The quantitative estimate of drug-likeness (QED) is 0.109. The molecule has 0 aliphatic carbocycles. The fourth-order valence-corrected chi connectivity index (χ4v) is 9.76. The molecule has 21 nitrogen and oxygen atoms in total. The van der Waals surface area contributed by atoms with Crippen LogP contribution in [0.25, 0.3) is 0 Å². The fraction of sp³-hybridized carbons (Fsp3) is 0.679. The number of alkyl halides is 1. The van der Waals surface area contributed by atoms with E-state index in [1.54, 1.807) is 19.2 Å². The Hall–Kier alpha value is -2.70. The first-order valence-electron chi connectivity index (χ1n) is 15.7. The molecule has 0 spiro atoms. The van der Waals surface area contributed by atoms with E-state index in [1.165, 1.54) is 0 Å². The van der Waals surface area contributed by atoms with Gasteiger partial charge in [0.25, 0.3) is 5.91 Å². The first-order valence-corrected chi connectivity index (χ1v) is 20.7. The Morgan fingerprint density at radius 1 is 0.963 bits per heavy atom. The number of thiophene rings is 1. The van der Waals surface area contributed by atoms with Gasteiger partial charge in [-0.05, 0) is 31.0 Å². The van der Waals surface area contributed by atoms with E-state index in [2.05, 4.69) is 4.74 Å². The van der Waals surface area contributed by atoms with Gasteiger partial charge in [0, 0.05) is 33.3 Å². The summed E-state index contributed by atoms with van der Waals surface area (Å²) in [6.07, 6.45) is -16.4. The van der Waals surface area contributed by atoms with Gasteiger partial charge in [-0.2, -0.15) is 0 Å². The van der Waals surface area contributed by atoms with E-state index < -0.39 is 125 Å². The molecule has 11 unspecified atom stereocenters. The molecule has 1 aromatic heterocycles. The van der Waals surface area contributed by atoms with Crippen molar-refractivity contribution in [2.24, 2.45) is 5.73 Å². The number of esters is 4. The minimum Gasteiger partial charge on any atom is -0.463 e. The Bertz CT molecular complexity index is 1710. The largest absolute Gasteiger partial charge is 0.481 e. The molecule has 0 saturated carbocycles. The van der Waals surface area contributed by atoms with Gasteiger partial charge >= 0.3 is 38.4 Å². The van der Waals surface area contributed by atoms with Crippen molar-refractivity contribution < 1.29 is 94.0 Å². The number of nitrogen functional groups attached to an aromatic ring is 1. The van der Waals surface area contributed by atoms with Gasteiger partial charge in [0.15, 0.2) is 30.3 Å². The number of nitrogens with two attached hydrogens (primary N) is 2. The molecular weight excluding hydrogens is 813 g/mol. The van der Waals surface area contributed by atoms with E-state index in [4.69, 9.17) is 69.8 Å². The molecule has 26 heteroatoms. The van der Waals surface area contributed by atoms with Crippen LogP contribution >= 0.6 is 25.9 Å². The van der Waals surface area contributed by atoms with Gasteiger partial charge in [-0.25, -0.2) is 13.3 Å². The number of phosphoric ester groups is 1. The lowest BCUT2D eigenvalue weighted by atomic mass is 9.95. The van der Waals surface area contributed by atoms with Crippen molar-refractivity contribution in [3.8, 4) is 0 Å². The number of hydrogen-bond donors (Lipinski definition) is 4. The second-order valence-electron chi connectivity index (χ2n) is 12.4. The lowest BCUT2D eigenvalue weighted by molar-refractivity contribution is -0.296. The molecule has 0 bridgehead atoms. The molecule has 3 fully saturated rings. The Morgan fingerprint density at radius 2 is 1.54 bits per heavy atom. The number of anilines is 1. The Balaban J connectivity index is 1.55. The standard InChI is InChI=1S/C28H39FN2O19P2S2/c1-10(32)40-7-15(29)19-21(42-11(2)33)22(43-12(3)34)24(44-13(4)35)27(46-19)49-51(37,38)50-52(39,53)41-8-16-20-23(48-28(5,6)47-20)18(45-16)14-9-54-25(17(14)30)26(31)36/h9,15-16,18-24,27H,7-8,30H2,1-6H3,(H2,31,36)(H,37,38)(H,39,53)/t15-,16?,18?,19?,20?,21?,22?,23?,24?,27?,52?/m0/s1. The summed E-state index contributed by atoms with van der Waals surface area (Å²) < 4.78 is 87.7. The number of primary amides is 1. The number of ether oxygens (including phenoxy) is 8. The molecule has 0 aromatic carbocycles. The van der Waals surface area contributed by atoms with Crippen LogP contribution in [-0.2, 0) is 86.8 Å². The van der Waals surface area contributed by atoms with Crippen molar-refractivity contribution in [3.63, 3.8) is 0 Å². The van der Waals surface area contributed by atoms with Gasteiger partial charge < -0.3 is 63.7 Å². The average molecular weight is 853 g/mol. The normalized spacial score (nSPS) is 31.6. The number of amides is 1. The summed E-state index contributed by atoms with van der Waals surface area (Å²) in [5, 5.41) is 1.55. The summed E-state index contributed by atoms with van der Waals surface area (Å²) in [6.45, 7) is 0.466. The number of halogens is 1. The highest BCUT2D eigenvalue weighted by Crippen LogP contribution is 2.62. The van der Waals surface area contributed by atoms with E-state index in [9.17, 15) is 38.3 Å². The van der Waals surface area contributed by atoms with Gasteiger partial charge in [0.1, 0.15) is 42.0 Å². The molecule has 3 aliphatic heterocycles. The Morgan fingerprint density at radius 3 is 2.09 bits per heavy atom. The first kappa shape index (κ1) is 44.0. The molecule has 1 amide bonds. The van der Waals surface area contributed by atoms with E-state index >= 15 is 4.39 Å². The maximum absolute atomic E-state index is 15.5. The van der Waals surface area contributed by atoms with E-state index in [0.717, 1.165) is 39.0 Å². The number of carbonyl (C=O) groups is 5. The van der Waals surface area contributed by atoms with Crippen LogP contribution in [0.15, 0.2) is 5.38 Å². The lowest BCUT2D eigenvalue weighted by Crippen LogP contribution is -2.64. The summed E-state index contributed by atoms with van der Waals surface area (Å²) in [4.78, 5) is 81.0. The zero-order valence-electron chi connectivity index (χ0n) is 29.3. The fourth-order valence-electron chi connectivity index (χ4n) is 5.80. The summed E-state index contributed by atoms with van der Waals surface area (Å²) >= 11 is 5.94. The number of hydrogen-bond acceptors (Lipinski definition) is 20. The highest BCUT2D eigenvalue weighted by atomic mass is 32.5. The zero-order valence-corrected chi connectivity index (χ0v) is 32.8. The molecule has 54 heavy (non-hydrogen) atoms. The van der Waals surface area contributed by atoms with E-state index in [-0.39, 0.29) is 10.6 Å². The molecule has 304 valence electrons. The van der Waals surface area contributed by atoms with Crippen LogP contribution in [0.4, 0.5) is 10.1 Å². The van der Waals surface area contributed by atoms with Crippen LogP contribution in [0.3, 0.4) is 0 Å². The van der Waals surface area contributed by atoms with Crippen molar-refractivity contribution in [3.05, 3.63) is 15.8 Å². The lowest BCUT2D eigenvalue weighted by Gasteiger charge is -2.44. The summed E-state index contributed by atoms with van der Waals surface area (Å²) in [5.74, 6) is -6.03. The maximum Gasteiger partial charge on any atom is 0.481 e. The highest BCUT2D eigenvalue weighted by Gasteiger charge is 2.58. The van der Waals surface area contributed by atoms with Crippen LogP contribution in [0, 0.1) is 0 Å². The third-order valence-corrected chi connectivity index (χ3v) is 12.2. The van der Waals surface area contributed by atoms with Crippen molar-refractivity contribution in [1.29, 1.82) is 0 Å². The molecule has 6 N–H and O–H groups in total. The van der Waals surface area contributed by atoms with Gasteiger partial charge in [0.2, 0.25) is 6.29 Å². The van der Waals surface area contributed by atoms with E-state index in [1.807, 2.05) is 0 Å². The molecule has 4 rings (SSSR count). The minimum atomic E-state index is -5.69. The number of phosphoric acid groups is 1. The van der Waals surface area contributed by atoms with Crippen molar-refractivity contribution in [2.75, 3.05) is 18.9 Å². The van der Waals surface area contributed by atoms with Crippen LogP contribution in [0.1, 0.15) is 62.9 Å².